The number of carboxylic acid groups (broad SMARTS) is 1. The first-order chi connectivity index (χ1) is 8.42. The van der Waals surface area contributed by atoms with Gasteiger partial charge in [0.05, 0.1) is 19.6 Å². The number of carbonyl (C=O) groups excluding carboxylic acids is 2. The Morgan fingerprint density at radius 3 is 2.50 bits per heavy atom. The average molecular weight is 278 g/mol. The lowest BCUT2D eigenvalue weighted by molar-refractivity contribution is -0.145. The van der Waals surface area contributed by atoms with Crippen LogP contribution in [0.5, 0.6) is 0 Å². The van der Waals surface area contributed by atoms with E-state index in [0.29, 0.717) is 12.2 Å². The molecule has 0 heterocycles. The molecule has 0 aromatic carbocycles. The van der Waals surface area contributed by atoms with Gasteiger partial charge in [-0.15, -0.1) is 0 Å². The number of rotatable bonds is 8. The smallest absolute Gasteiger partial charge is 0.328 e. The molecule has 0 saturated carbocycles. The first-order valence-corrected chi connectivity index (χ1v) is 6.66. The van der Waals surface area contributed by atoms with Gasteiger partial charge in [-0.3, -0.25) is 9.59 Å². The molecular weight excluding hydrogens is 260 g/mol. The standard InChI is InChI=1S/C10H18N2O5S/c1-17-10(16)7(3-4-18-2)12-9(15)6(11)5-8(13)14/h6-7H,3-5,11H2,1-2H3,(H,12,15)(H,13,14)/t6-,7+/m0/s1. The number of carbonyl (C=O) groups is 3. The Balaban J connectivity index is 4.42. The molecule has 0 aliphatic heterocycles. The minimum Gasteiger partial charge on any atom is -0.481 e. The third kappa shape index (κ3) is 6.45. The van der Waals surface area contributed by atoms with E-state index in [-0.39, 0.29) is 0 Å². The number of methoxy groups -OCH3 is 1. The van der Waals surface area contributed by atoms with Crippen LogP contribution in [-0.2, 0) is 19.1 Å². The maximum absolute atomic E-state index is 11.6. The van der Waals surface area contributed by atoms with E-state index < -0.39 is 36.4 Å². The second kappa shape index (κ2) is 8.76. The molecule has 0 bridgehead atoms. The minimum atomic E-state index is -1.18. The average Bonchev–Trinajstić information content (AvgIpc) is 2.32. The summed E-state index contributed by atoms with van der Waals surface area (Å²) in [6.45, 7) is 0. The van der Waals surface area contributed by atoms with Crippen molar-refractivity contribution in [2.75, 3.05) is 19.1 Å². The lowest BCUT2D eigenvalue weighted by Crippen LogP contribution is -2.49. The maximum Gasteiger partial charge on any atom is 0.328 e. The third-order valence-corrected chi connectivity index (χ3v) is 2.79. The number of amides is 1. The van der Waals surface area contributed by atoms with Crippen LogP contribution in [0.15, 0.2) is 0 Å². The molecule has 0 radical (unpaired) electrons. The van der Waals surface area contributed by atoms with Gasteiger partial charge in [0, 0.05) is 0 Å². The number of thioether (sulfide) groups is 1. The summed E-state index contributed by atoms with van der Waals surface area (Å²) in [5, 5.41) is 10.9. The monoisotopic (exact) mass is 278 g/mol. The summed E-state index contributed by atoms with van der Waals surface area (Å²) in [4.78, 5) is 33.4. The second-order valence-corrected chi connectivity index (χ2v) is 4.56. The van der Waals surface area contributed by atoms with Gasteiger partial charge >= 0.3 is 11.9 Å². The van der Waals surface area contributed by atoms with Gasteiger partial charge in [-0.1, -0.05) is 0 Å². The molecule has 0 saturated heterocycles. The highest BCUT2D eigenvalue weighted by atomic mass is 32.2. The van der Waals surface area contributed by atoms with Gasteiger partial charge in [-0.05, 0) is 18.4 Å². The van der Waals surface area contributed by atoms with Crippen LogP contribution in [0.4, 0.5) is 0 Å². The summed E-state index contributed by atoms with van der Waals surface area (Å²) in [6.07, 6.45) is 1.79. The molecule has 8 heteroatoms. The molecule has 2 atom stereocenters. The van der Waals surface area contributed by atoms with Crippen molar-refractivity contribution in [3.8, 4) is 0 Å². The van der Waals surface area contributed by atoms with Crippen molar-refractivity contribution < 1.29 is 24.2 Å². The van der Waals surface area contributed by atoms with Gasteiger partial charge in [-0.25, -0.2) is 4.79 Å². The van der Waals surface area contributed by atoms with E-state index in [4.69, 9.17) is 10.8 Å². The molecule has 0 aliphatic carbocycles. The highest BCUT2D eigenvalue weighted by molar-refractivity contribution is 7.98. The van der Waals surface area contributed by atoms with Crippen molar-refractivity contribution in [2.45, 2.75) is 24.9 Å². The van der Waals surface area contributed by atoms with E-state index in [0.717, 1.165) is 0 Å². The van der Waals surface area contributed by atoms with Gasteiger partial charge in [0.15, 0.2) is 0 Å². The minimum absolute atomic E-state index is 0.402. The lowest BCUT2D eigenvalue weighted by Gasteiger charge is -2.18. The van der Waals surface area contributed by atoms with E-state index >= 15 is 0 Å². The predicted molar refractivity (Wildman–Crippen MR) is 67.2 cm³/mol. The van der Waals surface area contributed by atoms with Crippen molar-refractivity contribution in [1.29, 1.82) is 0 Å². The fraction of sp³-hybridized carbons (Fsp3) is 0.700. The summed E-state index contributed by atoms with van der Waals surface area (Å²) < 4.78 is 4.55. The van der Waals surface area contributed by atoms with Crippen molar-refractivity contribution in [3.63, 3.8) is 0 Å². The number of nitrogens with one attached hydrogen (secondary N) is 1. The van der Waals surface area contributed by atoms with Gasteiger partial charge < -0.3 is 20.9 Å². The van der Waals surface area contributed by atoms with Crippen LogP contribution >= 0.6 is 11.8 Å². The van der Waals surface area contributed by atoms with Crippen molar-refractivity contribution in [2.24, 2.45) is 5.73 Å². The number of nitrogens with two attached hydrogens (primary N) is 1. The molecule has 1 amide bonds. The predicted octanol–water partition coefficient (Wildman–Crippen LogP) is -0.801. The highest BCUT2D eigenvalue weighted by Gasteiger charge is 2.25. The number of hydrogen-bond donors (Lipinski definition) is 3. The molecule has 104 valence electrons. The van der Waals surface area contributed by atoms with Gasteiger partial charge in [0.2, 0.25) is 5.91 Å². The highest BCUT2D eigenvalue weighted by Crippen LogP contribution is 2.03. The summed E-state index contributed by atoms with van der Waals surface area (Å²) in [6, 6.07) is -1.97. The number of aliphatic carboxylic acids is 1. The second-order valence-electron chi connectivity index (χ2n) is 3.57. The van der Waals surface area contributed by atoms with E-state index in [2.05, 4.69) is 10.1 Å². The Kier molecular flexibility index (Phi) is 8.14. The van der Waals surface area contributed by atoms with Crippen LogP contribution in [0, 0.1) is 0 Å². The van der Waals surface area contributed by atoms with Crippen molar-refractivity contribution in [3.05, 3.63) is 0 Å². The lowest BCUT2D eigenvalue weighted by atomic mass is 10.1. The zero-order chi connectivity index (χ0) is 14.1. The van der Waals surface area contributed by atoms with E-state index in [1.807, 2.05) is 6.26 Å². The normalized spacial score (nSPS) is 13.5. The van der Waals surface area contributed by atoms with Crippen LogP contribution in [0.2, 0.25) is 0 Å². The molecule has 0 fully saturated rings. The Labute approximate surface area is 109 Å². The number of carboxylic acids is 1. The topological polar surface area (TPSA) is 119 Å². The maximum atomic E-state index is 11.6. The Bertz CT molecular complexity index is 311. The van der Waals surface area contributed by atoms with Crippen LogP contribution in [0.25, 0.3) is 0 Å². The molecule has 0 aromatic heterocycles. The summed E-state index contributed by atoms with van der Waals surface area (Å²) >= 11 is 1.52. The first-order valence-electron chi connectivity index (χ1n) is 5.26. The van der Waals surface area contributed by atoms with Gasteiger partial charge in [-0.2, -0.15) is 11.8 Å². The summed E-state index contributed by atoms with van der Waals surface area (Å²) in [5.74, 6) is -1.75. The summed E-state index contributed by atoms with van der Waals surface area (Å²) in [7, 11) is 1.22. The number of esters is 1. The molecular formula is C10H18N2O5S. The molecule has 0 spiro atoms. The number of ether oxygens (including phenoxy) is 1. The molecule has 7 nitrogen and oxygen atoms in total. The van der Waals surface area contributed by atoms with Crippen LogP contribution in [-0.4, -0.2) is 54.2 Å². The third-order valence-electron chi connectivity index (χ3n) is 2.14. The zero-order valence-corrected chi connectivity index (χ0v) is 11.2. The van der Waals surface area contributed by atoms with Crippen molar-refractivity contribution in [1.82, 2.24) is 5.32 Å². The van der Waals surface area contributed by atoms with Crippen LogP contribution < -0.4 is 11.1 Å². The quantitative estimate of drug-likeness (QED) is 0.497. The van der Waals surface area contributed by atoms with E-state index in [1.165, 1.54) is 18.9 Å². The molecule has 0 aromatic rings. The van der Waals surface area contributed by atoms with Crippen molar-refractivity contribution >= 4 is 29.6 Å². The largest absolute Gasteiger partial charge is 0.481 e. The molecule has 18 heavy (non-hydrogen) atoms. The van der Waals surface area contributed by atoms with Crippen LogP contribution in [0.3, 0.4) is 0 Å². The Morgan fingerprint density at radius 2 is 2.06 bits per heavy atom. The molecule has 4 N–H and O–H groups in total. The molecule has 0 aliphatic rings. The number of hydrogen-bond acceptors (Lipinski definition) is 6. The van der Waals surface area contributed by atoms with Crippen LogP contribution in [0.1, 0.15) is 12.8 Å². The first kappa shape index (κ1) is 16.7. The van der Waals surface area contributed by atoms with Gasteiger partial charge in [0.25, 0.3) is 0 Å². The summed E-state index contributed by atoms with van der Waals surface area (Å²) in [5.41, 5.74) is 5.39. The Morgan fingerprint density at radius 1 is 1.44 bits per heavy atom. The zero-order valence-electron chi connectivity index (χ0n) is 10.3. The van der Waals surface area contributed by atoms with E-state index in [9.17, 15) is 14.4 Å². The van der Waals surface area contributed by atoms with E-state index in [1.54, 1.807) is 0 Å². The fourth-order valence-corrected chi connectivity index (χ4v) is 1.66. The Hall–Kier alpha value is -1.28. The molecule has 0 rings (SSSR count). The van der Waals surface area contributed by atoms with Gasteiger partial charge in [0.1, 0.15) is 6.04 Å². The molecule has 0 unspecified atom stereocenters. The fourth-order valence-electron chi connectivity index (χ4n) is 1.19. The SMILES string of the molecule is COC(=O)[C@@H](CCSC)NC(=O)[C@@H](N)CC(=O)O.